The van der Waals surface area contributed by atoms with E-state index in [1.165, 1.54) is 38.8 Å². The predicted molar refractivity (Wildman–Crippen MR) is 71.2 cm³/mol. The summed E-state index contributed by atoms with van der Waals surface area (Å²) in [5.41, 5.74) is 3.19. The van der Waals surface area contributed by atoms with Crippen LogP contribution in [0.2, 0.25) is 0 Å². The van der Waals surface area contributed by atoms with Crippen LogP contribution >= 0.6 is 0 Å². The molecule has 1 saturated heterocycles. The van der Waals surface area contributed by atoms with Gasteiger partial charge in [0.1, 0.15) is 0 Å². The first-order chi connectivity index (χ1) is 8.45. The van der Waals surface area contributed by atoms with E-state index in [2.05, 4.69) is 34.5 Å². The molecule has 1 aliphatic carbocycles. The second-order valence-electron chi connectivity index (χ2n) is 5.25. The number of nitrogens with one attached hydrogen (secondary N) is 1. The predicted octanol–water partition coefficient (Wildman–Crippen LogP) is 2.36. The molecule has 17 heavy (non-hydrogen) atoms. The summed E-state index contributed by atoms with van der Waals surface area (Å²) in [4.78, 5) is 2.68. The highest BCUT2D eigenvalue weighted by atomic mass is 15.2. The lowest BCUT2D eigenvalue weighted by atomic mass is 9.97. The van der Waals surface area contributed by atoms with Gasteiger partial charge >= 0.3 is 0 Å². The molecule has 1 unspecified atom stereocenters. The number of piperazine rings is 1. The molecule has 0 radical (unpaired) electrons. The molecule has 92 valence electrons. The van der Waals surface area contributed by atoms with Crippen LogP contribution in [0.4, 0.5) is 0 Å². The number of hydrogen-bond acceptors (Lipinski definition) is 2. The van der Waals surface area contributed by atoms with E-state index in [1.54, 1.807) is 11.1 Å². The van der Waals surface area contributed by atoms with Gasteiger partial charge in [-0.1, -0.05) is 30.7 Å². The van der Waals surface area contributed by atoms with Gasteiger partial charge < -0.3 is 5.32 Å². The van der Waals surface area contributed by atoms with Gasteiger partial charge in [-0.05, 0) is 30.4 Å². The molecular formula is C15H22N2. The Morgan fingerprint density at radius 2 is 1.88 bits per heavy atom. The standard InChI is InChI=1S/C15H22N2/c1-3-7-14-13(5-1)6-2-4-8-15(14)17-11-9-16-10-12-17/h1,3,5,7,15-16H,2,4,6,8-12H2. The summed E-state index contributed by atoms with van der Waals surface area (Å²) in [6.45, 7) is 4.72. The van der Waals surface area contributed by atoms with E-state index in [0.29, 0.717) is 6.04 Å². The van der Waals surface area contributed by atoms with Crippen LogP contribution in [-0.4, -0.2) is 31.1 Å². The first-order valence-corrected chi connectivity index (χ1v) is 6.98. The Hall–Kier alpha value is -0.860. The van der Waals surface area contributed by atoms with Crippen LogP contribution in [0.1, 0.15) is 36.4 Å². The van der Waals surface area contributed by atoms with Crippen LogP contribution in [0, 0.1) is 0 Å². The van der Waals surface area contributed by atoms with Crippen LogP contribution in [0.5, 0.6) is 0 Å². The molecule has 1 atom stereocenters. The summed E-state index contributed by atoms with van der Waals surface area (Å²) in [5.74, 6) is 0. The molecule has 0 aromatic heterocycles. The number of aryl methyl sites for hydroxylation is 1. The van der Waals surface area contributed by atoms with Crippen LogP contribution in [0.3, 0.4) is 0 Å². The first kappa shape index (κ1) is 11.2. The number of fused-ring (bicyclic) bond motifs is 1. The zero-order valence-electron chi connectivity index (χ0n) is 10.5. The third kappa shape index (κ3) is 2.38. The number of hydrogen-bond donors (Lipinski definition) is 1. The van der Waals surface area contributed by atoms with Crippen molar-refractivity contribution in [2.24, 2.45) is 0 Å². The van der Waals surface area contributed by atoms with Gasteiger partial charge in [-0.15, -0.1) is 0 Å². The van der Waals surface area contributed by atoms with Gasteiger partial charge in [0.2, 0.25) is 0 Å². The molecule has 0 spiro atoms. The van der Waals surface area contributed by atoms with Gasteiger partial charge in [0.05, 0.1) is 0 Å². The minimum atomic E-state index is 0.677. The molecule has 1 N–H and O–H groups in total. The molecule has 1 heterocycles. The van der Waals surface area contributed by atoms with Crippen molar-refractivity contribution in [1.82, 2.24) is 10.2 Å². The molecular weight excluding hydrogens is 208 g/mol. The normalized spacial score (nSPS) is 26.2. The monoisotopic (exact) mass is 230 g/mol. The SMILES string of the molecule is c1ccc2c(c1)CCCCC2N1CCNCC1. The largest absolute Gasteiger partial charge is 0.314 e. The Morgan fingerprint density at radius 3 is 2.76 bits per heavy atom. The van der Waals surface area contributed by atoms with Gasteiger partial charge in [0, 0.05) is 32.2 Å². The van der Waals surface area contributed by atoms with E-state index in [-0.39, 0.29) is 0 Å². The van der Waals surface area contributed by atoms with Crippen molar-refractivity contribution < 1.29 is 0 Å². The lowest BCUT2D eigenvalue weighted by Gasteiger charge is -2.35. The van der Waals surface area contributed by atoms with Crippen molar-refractivity contribution in [3.8, 4) is 0 Å². The fourth-order valence-electron chi connectivity index (χ4n) is 3.27. The van der Waals surface area contributed by atoms with E-state index >= 15 is 0 Å². The summed E-state index contributed by atoms with van der Waals surface area (Å²) in [6, 6.07) is 9.76. The number of nitrogens with zero attached hydrogens (tertiary/aromatic N) is 1. The van der Waals surface area contributed by atoms with E-state index < -0.39 is 0 Å². The van der Waals surface area contributed by atoms with Crippen molar-refractivity contribution in [3.05, 3.63) is 35.4 Å². The maximum Gasteiger partial charge on any atom is 0.0351 e. The van der Waals surface area contributed by atoms with Crippen molar-refractivity contribution in [1.29, 1.82) is 0 Å². The van der Waals surface area contributed by atoms with Gasteiger partial charge in [0.15, 0.2) is 0 Å². The highest BCUT2D eigenvalue weighted by Crippen LogP contribution is 2.33. The third-order valence-electron chi connectivity index (χ3n) is 4.18. The van der Waals surface area contributed by atoms with Crippen molar-refractivity contribution in [2.45, 2.75) is 31.7 Å². The number of benzene rings is 1. The Kier molecular flexibility index (Phi) is 3.44. The zero-order chi connectivity index (χ0) is 11.5. The van der Waals surface area contributed by atoms with E-state index in [0.717, 1.165) is 13.1 Å². The number of rotatable bonds is 1. The lowest BCUT2D eigenvalue weighted by molar-refractivity contribution is 0.165. The van der Waals surface area contributed by atoms with E-state index in [1.807, 2.05) is 0 Å². The molecule has 1 aromatic rings. The fourth-order valence-corrected chi connectivity index (χ4v) is 3.27. The second-order valence-corrected chi connectivity index (χ2v) is 5.25. The van der Waals surface area contributed by atoms with E-state index in [9.17, 15) is 0 Å². The summed E-state index contributed by atoms with van der Waals surface area (Å²) in [7, 11) is 0. The molecule has 0 amide bonds. The molecule has 0 saturated carbocycles. The molecule has 2 heteroatoms. The first-order valence-electron chi connectivity index (χ1n) is 6.98. The van der Waals surface area contributed by atoms with Crippen molar-refractivity contribution in [2.75, 3.05) is 26.2 Å². The lowest BCUT2D eigenvalue weighted by Crippen LogP contribution is -2.45. The van der Waals surface area contributed by atoms with Crippen molar-refractivity contribution >= 4 is 0 Å². The average Bonchev–Trinajstić information content (AvgIpc) is 2.62. The summed E-state index contributed by atoms with van der Waals surface area (Å²) >= 11 is 0. The van der Waals surface area contributed by atoms with Crippen LogP contribution in [0.15, 0.2) is 24.3 Å². The molecule has 2 nitrogen and oxygen atoms in total. The van der Waals surface area contributed by atoms with Gasteiger partial charge in [-0.25, -0.2) is 0 Å². The topological polar surface area (TPSA) is 15.3 Å². The molecule has 1 fully saturated rings. The highest BCUT2D eigenvalue weighted by Gasteiger charge is 2.25. The molecule has 3 rings (SSSR count). The van der Waals surface area contributed by atoms with Crippen LogP contribution in [0.25, 0.3) is 0 Å². The average molecular weight is 230 g/mol. The fraction of sp³-hybridized carbons (Fsp3) is 0.600. The second kappa shape index (κ2) is 5.19. The minimum Gasteiger partial charge on any atom is -0.314 e. The molecule has 0 bridgehead atoms. The Balaban J connectivity index is 1.88. The summed E-state index contributed by atoms with van der Waals surface area (Å²) in [6.07, 6.45) is 5.36. The minimum absolute atomic E-state index is 0.677. The van der Waals surface area contributed by atoms with Crippen LogP contribution < -0.4 is 5.32 Å². The molecule has 1 aliphatic heterocycles. The Labute approximate surface area is 104 Å². The highest BCUT2D eigenvalue weighted by molar-refractivity contribution is 5.31. The smallest absolute Gasteiger partial charge is 0.0351 e. The van der Waals surface area contributed by atoms with Gasteiger partial charge in [-0.3, -0.25) is 4.90 Å². The summed E-state index contributed by atoms with van der Waals surface area (Å²) < 4.78 is 0. The van der Waals surface area contributed by atoms with Gasteiger partial charge in [-0.2, -0.15) is 0 Å². The van der Waals surface area contributed by atoms with E-state index in [4.69, 9.17) is 0 Å². The quantitative estimate of drug-likeness (QED) is 0.745. The maximum absolute atomic E-state index is 3.45. The van der Waals surface area contributed by atoms with Crippen LogP contribution in [-0.2, 0) is 6.42 Å². The maximum atomic E-state index is 3.45. The molecule has 2 aliphatic rings. The Morgan fingerprint density at radius 1 is 1.06 bits per heavy atom. The molecule has 1 aromatic carbocycles. The summed E-state index contributed by atoms with van der Waals surface area (Å²) in [5, 5.41) is 3.45. The Bertz CT molecular complexity index is 369. The van der Waals surface area contributed by atoms with Gasteiger partial charge in [0.25, 0.3) is 0 Å². The third-order valence-corrected chi connectivity index (χ3v) is 4.18. The van der Waals surface area contributed by atoms with Crippen molar-refractivity contribution in [3.63, 3.8) is 0 Å². The zero-order valence-corrected chi connectivity index (χ0v) is 10.5.